The Morgan fingerprint density at radius 3 is 2.64 bits per heavy atom. The molecule has 0 fully saturated rings. The lowest BCUT2D eigenvalue weighted by Crippen LogP contribution is -2.24. The lowest BCUT2D eigenvalue weighted by molar-refractivity contribution is -0.113. The predicted octanol–water partition coefficient (Wildman–Crippen LogP) is 5.13. The van der Waals surface area contributed by atoms with Gasteiger partial charge in [0.25, 0.3) is 5.56 Å². The van der Waals surface area contributed by atoms with Crippen LogP contribution in [0.3, 0.4) is 0 Å². The summed E-state index contributed by atoms with van der Waals surface area (Å²) >= 11 is 1.20. The second-order valence-electron chi connectivity index (χ2n) is 7.85. The maximum Gasteiger partial charge on any atom is 0.298 e. The topological polar surface area (TPSA) is 90.3 Å². The van der Waals surface area contributed by atoms with Crippen molar-refractivity contribution in [3.63, 3.8) is 0 Å². The third-order valence-electron chi connectivity index (χ3n) is 5.18. The molecule has 3 heterocycles. The maximum atomic E-state index is 13.3. The Kier molecular flexibility index (Phi) is 5.51. The number of aryl methyl sites for hydroxylation is 2. The molecular weight excluding hydrogens is 438 g/mol. The molecule has 0 spiro atoms. The number of carbonyl (C=O) groups is 1. The van der Waals surface area contributed by atoms with Crippen LogP contribution in [-0.2, 0) is 11.3 Å². The fraction of sp³-hybridized carbons (Fsp3) is 0.160. The molecule has 1 amide bonds. The highest BCUT2D eigenvalue weighted by Crippen LogP contribution is 2.27. The van der Waals surface area contributed by atoms with Gasteiger partial charge < -0.3 is 14.2 Å². The quantitative estimate of drug-likeness (QED) is 0.280. The van der Waals surface area contributed by atoms with Gasteiger partial charge in [-0.05, 0) is 61.4 Å². The Morgan fingerprint density at radius 2 is 1.88 bits per heavy atom. The van der Waals surface area contributed by atoms with Gasteiger partial charge in [-0.2, -0.15) is 0 Å². The van der Waals surface area contributed by atoms with E-state index < -0.39 is 0 Å². The highest BCUT2D eigenvalue weighted by atomic mass is 32.2. The number of fused-ring (bicyclic) bond motifs is 3. The number of carbonyl (C=O) groups excluding carboxylic acids is 1. The zero-order chi connectivity index (χ0) is 22.9. The molecule has 33 heavy (non-hydrogen) atoms. The molecule has 3 aromatic heterocycles. The summed E-state index contributed by atoms with van der Waals surface area (Å²) in [7, 11) is 0. The van der Waals surface area contributed by atoms with Crippen LogP contribution in [0.2, 0.25) is 0 Å². The average molecular weight is 460 g/mol. The molecule has 0 aliphatic rings. The summed E-state index contributed by atoms with van der Waals surface area (Å²) < 4.78 is 12.7. The molecular formula is C25H21N3O4S. The third-order valence-corrected chi connectivity index (χ3v) is 6.16. The molecule has 1 N–H and O–H groups in total. The minimum absolute atomic E-state index is 0.0961. The zero-order valence-corrected chi connectivity index (χ0v) is 18.9. The van der Waals surface area contributed by atoms with Crippen LogP contribution >= 0.6 is 11.8 Å². The number of furan rings is 2. The highest BCUT2D eigenvalue weighted by molar-refractivity contribution is 7.99. The summed E-state index contributed by atoms with van der Waals surface area (Å²) in [5, 5.41) is 4.11. The third kappa shape index (κ3) is 4.29. The van der Waals surface area contributed by atoms with Gasteiger partial charge in [0, 0.05) is 11.1 Å². The summed E-state index contributed by atoms with van der Waals surface area (Å²) in [4.78, 5) is 30.7. The first kappa shape index (κ1) is 21.1. The molecule has 0 aliphatic heterocycles. The summed E-state index contributed by atoms with van der Waals surface area (Å²) in [6.07, 6.45) is 1.55. The van der Waals surface area contributed by atoms with Gasteiger partial charge in [0.2, 0.25) is 11.5 Å². The molecule has 0 radical (unpaired) electrons. The number of anilines is 1. The fourth-order valence-corrected chi connectivity index (χ4v) is 4.63. The molecule has 0 saturated heterocycles. The standard InChI is InChI=1S/C25H21N3O4S/c1-15-10-16(2)12-17(11-15)26-21(29)14-33-25-27-22-19-7-3-4-8-20(19)32-23(22)24(30)28(25)13-18-6-5-9-31-18/h3-12H,13-14H2,1-2H3,(H,26,29). The number of para-hydroxylation sites is 1. The Morgan fingerprint density at radius 1 is 1.09 bits per heavy atom. The van der Waals surface area contributed by atoms with Crippen molar-refractivity contribution in [3.8, 4) is 0 Å². The van der Waals surface area contributed by atoms with Crippen LogP contribution in [0, 0.1) is 13.8 Å². The number of amides is 1. The number of benzene rings is 2. The number of nitrogens with one attached hydrogen (secondary N) is 1. The van der Waals surface area contributed by atoms with Gasteiger partial charge in [-0.1, -0.05) is 30.0 Å². The molecule has 5 aromatic rings. The number of nitrogens with zero attached hydrogens (tertiary/aromatic N) is 2. The van der Waals surface area contributed by atoms with Gasteiger partial charge in [0.05, 0.1) is 18.6 Å². The monoisotopic (exact) mass is 459 g/mol. The fourth-order valence-electron chi connectivity index (χ4n) is 3.84. The van der Waals surface area contributed by atoms with Crippen LogP contribution < -0.4 is 10.9 Å². The molecule has 0 unspecified atom stereocenters. The van der Waals surface area contributed by atoms with Crippen molar-refractivity contribution in [3.05, 3.63) is 88.1 Å². The molecule has 0 aliphatic carbocycles. The summed E-state index contributed by atoms with van der Waals surface area (Å²) in [6.45, 7) is 4.16. The van der Waals surface area contributed by atoms with Gasteiger partial charge in [-0.25, -0.2) is 4.98 Å². The number of thioether (sulfide) groups is 1. The van der Waals surface area contributed by atoms with Crippen LogP contribution in [0.5, 0.6) is 0 Å². The largest absolute Gasteiger partial charge is 0.467 e. The van der Waals surface area contributed by atoms with Crippen LogP contribution in [0.15, 0.2) is 79.6 Å². The van der Waals surface area contributed by atoms with Crippen LogP contribution in [0.1, 0.15) is 16.9 Å². The number of hydrogen-bond acceptors (Lipinski definition) is 6. The molecule has 0 saturated carbocycles. The lowest BCUT2D eigenvalue weighted by atomic mass is 10.1. The van der Waals surface area contributed by atoms with E-state index >= 15 is 0 Å². The van der Waals surface area contributed by atoms with Crippen molar-refractivity contribution >= 4 is 45.4 Å². The van der Waals surface area contributed by atoms with Crippen molar-refractivity contribution in [2.45, 2.75) is 25.5 Å². The summed E-state index contributed by atoms with van der Waals surface area (Å²) in [6, 6.07) is 16.8. The summed E-state index contributed by atoms with van der Waals surface area (Å²) in [5.74, 6) is 0.524. The second kappa shape index (κ2) is 8.63. The number of aromatic nitrogens is 2. The molecule has 7 nitrogen and oxygen atoms in total. The minimum atomic E-state index is -0.315. The van der Waals surface area contributed by atoms with Crippen molar-refractivity contribution < 1.29 is 13.6 Å². The SMILES string of the molecule is Cc1cc(C)cc(NC(=O)CSc2nc3c(oc4ccccc43)c(=O)n2Cc2ccco2)c1. The van der Waals surface area contributed by atoms with Gasteiger partial charge in [0.15, 0.2) is 5.16 Å². The van der Waals surface area contributed by atoms with Gasteiger partial charge in [-0.15, -0.1) is 0 Å². The first-order valence-electron chi connectivity index (χ1n) is 10.4. The first-order chi connectivity index (χ1) is 16.0. The van der Waals surface area contributed by atoms with E-state index in [4.69, 9.17) is 13.8 Å². The summed E-state index contributed by atoms with van der Waals surface area (Å²) in [5.41, 5.74) is 3.85. The Bertz CT molecular complexity index is 1510. The maximum absolute atomic E-state index is 13.3. The molecule has 5 rings (SSSR count). The van der Waals surface area contributed by atoms with E-state index in [0.717, 1.165) is 22.2 Å². The van der Waals surface area contributed by atoms with Crippen molar-refractivity contribution in [1.29, 1.82) is 0 Å². The molecule has 2 aromatic carbocycles. The Labute approximate surface area is 193 Å². The van der Waals surface area contributed by atoms with Gasteiger partial charge >= 0.3 is 0 Å². The number of rotatable bonds is 6. The van der Waals surface area contributed by atoms with Gasteiger partial charge in [0.1, 0.15) is 16.9 Å². The smallest absolute Gasteiger partial charge is 0.298 e. The molecule has 0 bridgehead atoms. The lowest BCUT2D eigenvalue weighted by Gasteiger charge is -2.11. The van der Waals surface area contributed by atoms with Crippen molar-refractivity contribution in [2.75, 3.05) is 11.1 Å². The molecule has 0 atom stereocenters. The van der Waals surface area contributed by atoms with E-state index in [2.05, 4.69) is 5.32 Å². The predicted molar refractivity (Wildman–Crippen MR) is 129 cm³/mol. The Balaban J connectivity index is 1.49. The minimum Gasteiger partial charge on any atom is -0.467 e. The normalized spacial score (nSPS) is 11.3. The molecule has 8 heteroatoms. The van der Waals surface area contributed by atoms with E-state index in [1.807, 2.05) is 50.2 Å². The van der Waals surface area contributed by atoms with Crippen molar-refractivity contribution in [1.82, 2.24) is 9.55 Å². The Hall–Kier alpha value is -3.78. The molecule has 166 valence electrons. The van der Waals surface area contributed by atoms with E-state index in [9.17, 15) is 9.59 Å². The van der Waals surface area contributed by atoms with E-state index in [1.165, 1.54) is 16.3 Å². The average Bonchev–Trinajstić information content (AvgIpc) is 3.42. The van der Waals surface area contributed by atoms with Gasteiger partial charge in [-0.3, -0.25) is 14.2 Å². The first-order valence-corrected chi connectivity index (χ1v) is 11.4. The van der Waals surface area contributed by atoms with Crippen LogP contribution in [0.4, 0.5) is 5.69 Å². The van der Waals surface area contributed by atoms with Crippen molar-refractivity contribution in [2.24, 2.45) is 0 Å². The van der Waals surface area contributed by atoms with E-state index in [-0.39, 0.29) is 29.3 Å². The van der Waals surface area contributed by atoms with Crippen LogP contribution in [0.25, 0.3) is 22.1 Å². The van der Waals surface area contributed by atoms with E-state index in [0.29, 0.717) is 22.0 Å². The zero-order valence-electron chi connectivity index (χ0n) is 18.1. The second-order valence-corrected chi connectivity index (χ2v) is 8.80. The van der Waals surface area contributed by atoms with Crippen LogP contribution in [-0.4, -0.2) is 21.2 Å². The number of hydrogen-bond donors (Lipinski definition) is 1. The van der Waals surface area contributed by atoms with E-state index in [1.54, 1.807) is 24.5 Å². The highest BCUT2D eigenvalue weighted by Gasteiger charge is 2.19.